The minimum absolute atomic E-state index is 0.166. The van der Waals surface area contributed by atoms with E-state index in [1.54, 1.807) is 0 Å². The maximum absolute atomic E-state index is 5.08. The predicted octanol–water partition coefficient (Wildman–Crippen LogP) is 5.60. The number of fused-ring (bicyclic) bond motifs is 2. The molecule has 0 saturated carbocycles. The fourth-order valence-corrected chi connectivity index (χ4v) is 5.24. The SMILES string of the molecule is CCc1ccc(C)c(-c2ccc3[nH]nc(-c4nc5c([nH]4)CN=CC5N4CCCCC4)c3c2)c1. The molecule has 2 aromatic carbocycles. The number of piperidine rings is 1. The highest BCUT2D eigenvalue weighted by atomic mass is 15.2. The van der Waals surface area contributed by atoms with E-state index in [-0.39, 0.29) is 6.04 Å². The Morgan fingerprint density at radius 1 is 1.06 bits per heavy atom. The van der Waals surface area contributed by atoms with Crippen molar-refractivity contribution >= 4 is 17.1 Å². The van der Waals surface area contributed by atoms with Gasteiger partial charge in [-0.2, -0.15) is 5.10 Å². The number of aromatic nitrogens is 4. The van der Waals surface area contributed by atoms with E-state index in [0.29, 0.717) is 6.54 Å². The highest BCUT2D eigenvalue weighted by Gasteiger charge is 2.29. The van der Waals surface area contributed by atoms with Crippen molar-refractivity contribution in [2.24, 2.45) is 4.99 Å². The number of rotatable bonds is 4. The van der Waals surface area contributed by atoms with Crippen LogP contribution in [0, 0.1) is 6.92 Å². The predicted molar refractivity (Wildman–Crippen MR) is 134 cm³/mol. The third kappa shape index (κ3) is 3.59. The van der Waals surface area contributed by atoms with Gasteiger partial charge < -0.3 is 4.98 Å². The quantitative estimate of drug-likeness (QED) is 0.435. The van der Waals surface area contributed by atoms with Gasteiger partial charge in [0.25, 0.3) is 0 Å². The van der Waals surface area contributed by atoms with Crippen LogP contribution in [0.25, 0.3) is 33.5 Å². The van der Waals surface area contributed by atoms with Gasteiger partial charge in [-0.15, -0.1) is 0 Å². The van der Waals surface area contributed by atoms with E-state index < -0.39 is 0 Å². The lowest BCUT2D eigenvalue weighted by Crippen LogP contribution is -2.36. The third-order valence-electron chi connectivity index (χ3n) is 7.18. The molecule has 0 radical (unpaired) electrons. The molecule has 1 atom stereocenters. The first-order chi connectivity index (χ1) is 16.2. The van der Waals surface area contributed by atoms with Crippen LogP contribution < -0.4 is 0 Å². The Morgan fingerprint density at radius 3 is 2.79 bits per heavy atom. The summed E-state index contributed by atoms with van der Waals surface area (Å²) >= 11 is 0. The van der Waals surface area contributed by atoms with Crippen molar-refractivity contribution in [2.45, 2.75) is 52.1 Å². The van der Waals surface area contributed by atoms with Gasteiger partial charge in [0, 0.05) is 11.6 Å². The molecule has 2 aliphatic heterocycles. The average molecular weight is 439 g/mol. The van der Waals surface area contributed by atoms with Gasteiger partial charge in [0.05, 0.1) is 29.5 Å². The normalized spacial score (nSPS) is 18.7. The smallest absolute Gasteiger partial charge is 0.159 e. The highest BCUT2D eigenvalue weighted by molar-refractivity contribution is 5.94. The molecule has 4 aromatic rings. The minimum atomic E-state index is 0.166. The van der Waals surface area contributed by atoms with Gasteiger partial charge in [0.1, 0.15) is 5.69 Å². The van der Waals surface area contributed by atoms with Gasteiger partial charge in [0.15, 0.2) is 5.82 Å². The first kappa shape index (κ1) is 20.4. The van der Waals surface area contributed by atoms with Crippen LogP contribution in [0.4, 0.5) is 0 Å². The summed E-state index contributed by atoms with van der Waals surface area (Å²) in [6, 6.07) is 13.5. The summed E-state index contributed by atoms with van der Waals surface area (Å²) in [6.07, 6.45) is 6.94. The van der Waals surface area contributed by atoms with Crippen molar-refractivity contribution in [1.82, 2.24) is 25.1 Å². The lowest BCUT2D eigenvalue weighted by molar-refractivity contribution is 0.201. The minimum Gasteiger partial charge on any atom is -0.339 e. The van der Waals surface area contributed by atoms with E-state index in [9.17, 15) is 0 Å². The summed E-state index contributed by atoms with van der Waals surface area (Å²) in [7, 11) is 0. The van der Waals surface area contributed by atoms with Crippen LogP contribution in [0.3, 0.4) is 0 Å². The second-order valence-corrected chi connectivity index (χ2v) is 9.32. The topological polar surface area (TPSA) is 73.0 Å². The van der Waals surface area contributed by atoms with Crippen LogP contribution in [0.1, 0.15) is 54.7 Å². The standard InChI is InChI=1S/C27H30N6/c1-3-18-8-7-17(2)20(13-18)19-9-10-22-21(14-19)25(32-31-22)27-29-23-15-28-16-24(26(23)30-27)33-11-5-4-6-12-33/h7-10,13-14,16,24H,3-6,11-12,15H2,1-2H3,(H,29,30)(H,31,32). The van der Waals surface area contributed by atoms with E-state index >= 15 is 0 Å². The van der Waals surface area contributed by atoms with Crippen molar-refractivity contribution in [3.63, 3.8) is 0 Å². The van der Waals surface area contributed by atoms with Crippen LogP contribution in [0.2, 0.25) is 0 Å². The number of aryl methyl sites for hydroxylation is 2. The monoisotopic (exact) mass is 438 g/mol. The second kappa shape index (κ2) is 8.27. The Kier molecular flexibility index (Phi) is 5.10. The first-order valence-electron chi connectivity index (χ1n) is 12.1. The zero-order valence-electron chi connectivity index (χ0n) is 19.4. The number of hydrogen-bond donors (Lipinski definition) is 2. The van der Waals surface area contributed by atoms with Crippen molar-refractivity contribution in [3.05, 3.63) is 58.9 Å². The van der Waals surface area contributed by atoms with Crippen molar-refractivity contribution in [3.8, 4) is 22.6 Å². The molecular weight excluding hydrogens is 408 g/mol. The number of nitrogens with zero attached hydrogens (tertiary/aromatic N) is 4. The molecule has 6 nitrogen and oxygen atoms in total. The van der Waals surface area contributed by atoms with Crippen LogP contribution in [0.15, 0.2) is 41.4 Å². The Morgan fingerprint density at radius 2 is 1.94 bits per heavy atom. The van der Waals surface area contributed by atoms with Gasteiger partial charge in [0.2, 0.25) is 0 Å². The van der Waals surface area contributed by atoms with Gasteiger partial charge in [-0.25, -0.2) is 4.98 Å². The Balaban J connectivity index is 1.41. The summed E-state index contributed by atoms with van der Waals surface area (Å²) in [4.78, 5) is 15.8. The van der Waals surface area contributed by atoms with Crippen LogP contribution in [0.5, 0.6) is 0 Å². The second-order valence-electron chi connectivity index (χ2n) is 9.32. The van der Waals surface area contributed by atoms with Gasteiger partial charge >= 0.3 is 0 Å². The summed E-state index contributed by atoms with van der Waals surface area (Å²) in [5.74, 6) is 0.829. The zero-order valence-corrected chi connectivity index (χ0v) is 19.4. The Bertz CT molecular complexity index is 1340. The molecule has 0 spiro atoms. The molecule has 2 aliphatic rings. The van der Waals surface area contributed by atoms with E-state index in [4.69, 9.17) is 4.98 Å². The third-order valence-corrected chi connectivity index (χ3v) is 7.18. The van der Waals surface area contributed by atoms with Crippen molar-refractivity contribution in [1.29, 1.82) is 0 Å². The lowest BCUT2D eigenvalue weighted by atomic mass is 9.96. The number of likely N-dealkylation sites (tertiary alicyclic amines) is 1. The molecule has 1 unspecified atom stereocenters. The summed E-state index contributed by atoms with van der Waals surface area (Å²) < 4.78 is 0. The molecule has 1 fully saturated rings. The number of H-pyrrole nitrogens is 2. The van der Waals surface area contributed by atoms with E-state index in [2.05, 4.69) is 81.5 Å². The van der Waals surface area contributed by atoms with Gasteiger partial charge in [-0.05, 0) is 73.7 Å². The van der Waals surface area contributed by atoms with Gasteiger partial charge in [-0.1, -0.05) is 37.6 Å². The number of nitrogens with one attached hydrogen (secondary N) is 2. The number of hydrogen-bond acceptors (Lipinski definition) is 4. The van der Waals surface area contributed by atoms with E-state index in [1.165, 1.54) is 41.5 Å². The summed E-state index contributed by atoms with van der Waals surface area (Å²) in [5, 5.41) is 8.96. The van der Waals surface area contributed by atoms with Gasteiger partial charge in [-0.3, -0.25) is 15.0 Å². The largest absolute Gasteiger partial charge is 0.339 e. The molecule has 6 rings (SSSR count). The van der Waals surface area contributed by atoms with Crippen LogP contribution in [-0.4, -0.2) is 44.4 Å². The number of imidazole rings is 1. The summed E-state index contributed by atoms with van der Waals surface area (Å²) in [6.45, 7) is 7.26. The fraction of sp³-hybridized carbons (Fsp3) is 0.370. The molecule has 4 heterocycles. The molecule has 2 aromatic heterocycles. The van der Waals surface area contributed by atoms with E-state index in [0.717, 1.165) is 53.3 Å². The molecule has 168 valence electrons. The molecular formula is C27H30N6. The van der Waals surface area contributed by atoms with Crippen molar-refractivity contribution in [2.75, 3.05) is 13.1 Å². The van der Waals surface area contributed by atoms with Crippen LogP contribution >= 0.6 is 0 Å². The maximum atomic E-state index is 5.08. The molecule has 6 heteroatoms. The highest BCUT2D eigenvalue weighted by Crippen LogP contribution is 2.34. The Labute approximate surface area is 194 Å². The molecule has 1 saturated heterocycles. The number of benzene rings is 2. The van der Waals surface area contributed by atoms with Crippen LogP contribution in [-0.2, 0) is 13.0 Å². The Hall–Kier alpha value is -3.25. The first-order valence-corrected chi connectivity index (χ1v) is 12.1. The lowest BCUT2D eigenvalue weighted by Gasteiger charge is -2.33. The van der Waals surface area contributed by atoms with E-state index in [1.807, 2.05) is 0 Å². The summed E-state index contributed by atoms with van der Waals surface area (Å²) in [5.41, 5.74) is 9.25. The number of aliphatic imine (C=N–C) groups is 1. The molecule has 2 N–H and O–H groups in total. The fourth-order valence-electron chi connectivity index (χ4n) is 5.24. The molecule has 0 aliphatic carbocycles. The maximum Gasteiger partial charge on any atom is 0.159 e. The molecule has 33 heavy (non-hydrogen) atoms. The van der Waals surface area contributed by atoms with Crippen molar-refractivity contribution < 1.29 is 0 Å². The molecule has 0 amide bonds. The molecule has 0 bridgehead atoms. The zero-order chi connectivity index (χ0) is 22.4. The number of aromatic amines is 2. The average Bonchev–Trinajstić information content (AvgIpc) is 3.48.